The summed E-state index contributed by atoms with van der Waals surface area (Å²) in [7, 11) is 2.71. The van der Waals surface area contributed by atoms with Gasteiger partial charge < -0.3 is 9.97 Å². The van der Waals surface area contributed by atoms with Crippen LogP contribution in [0, 0.1) is 10.8 Å². The molecule has 178 valence electrons. The lowest BCUT2D eigenvalue weighted by molar-refractivity contribution is 0.139. The molecule has 34 heavy (non-hydrogen) atoms. The summed E-state index contributed by atoms with van der Waals surface area (Å²) < 4.78 is 0. The van der Waals surface area contributed by atoms with Crippen molar-refractivity contribution in [2.45, 2.75) is 52.9 Å². The molecule has 0 bridgehead atoms. The molecule has 0 radical (unpaired) electrons. The average Bonchev–Trinajstić information content (AvgIpc) is 3.50. The molecule has 1 unspecified atom stereocenters. The molecular formula is C30H38N2P2. The predicted octanol–water partition coefficient (Wildman–Crippen LogP) is 7.81. The Balaban J connectivity index is 1.93. The van der Waals surface area contributed by atoms with Crippen molar-refractivity contribution in [1.29, 1.82) is 0 Å². The SMILES string of the molecule is CC(C)(C)C(P)(c1ccc(-c2ccccc2)cc1CP(c1ccc[nH]1)c1ccc[nH]1)C(C)(C)C. The van der Waals surface area contributed by atoms with Crippen LogP contribution in [0.3, 0.4) is 0 Å². The van der Waals surface area contributed by atoms with Gasteiger partial charge in [-0.2, -0.15) is 0 Å². The molecule has 2 heterocycles. The highest BCUT2D eigenvalue weighted by Gasteiger charge is 2.49. The van der Waals surface area contributed by atoms with Gasteiger partial charge in [-0.05, 0) is 65.3 Å². The lowest BCUT2D eigenvalue weighted by atomic mass is 9.61. The number of rotatable bonds is 6. The summed E-state index contributed by atoms with van der Waals surface area (Å²) in [5.41, 5.74) is 8.12. The fourth-order valence-electron chi connectivity index (χ4n) is 5.30. The third kappa shape index (κ3) is 4.68. The van der Waals surface area contributed by atoms with Crippen LogP contribution in [0.1, 0.15) is 52.7 Å². The number of hydrogen-bond acceptors (Lipinski definition) is 0. The highest BCUT2D eigenvalue weighted by Crippen LogP contribution is 2.59. The lowest BCUT2D eigenvalue weighted by Gasteiger charge is -2.52. The third-order valence-electron chi connectivity index (χ3n) is 7.08. The topological polar surface area (TPSA) is 31.6 Å². The van der Waals surface area contributed by atoms with Crippen molar-refractivity contribution in [2.75, 3.05) is 0 Å². The molecule has 1 atom stereocenters. The average molecular weight is 489 g/mol. The second kappa shape index (κ2) is 9.49. The van der Waals surface area contributed by atoms with Crippen molar-refractivity contribution in [1.82, 2.24) is 9.97 Å². The minimum Gasteiger partial charge on any atom is -0.361 e. The number of aromatic amines is 2. The second-order valence-electron chi connectivity index (χ2n) is 11.2. The molecular weight excluding hydrogens is 450 g/mol. The molecule has 2 nitrogen and oxygen atoms in total. The molecule has 4 rings (SSSR count). The molecule has 0 spiro atoms. The van der Waals surface area contributed by atoms with Crippen LogP contribution in [-0.4, -0.2) is 9.97 Å². The van der Waals surface area contributed by atoms with Crippen LogP contribution in [-0.2, 0) is 11.3 Å². The maximum atomic E-state index is 3.51. The fourth-order valence-corrected chi connectivity index (χ4v) is 7.78. The maximum Gasteiger partial charge on any atom is 0.0448 e. The van der Waals surface area contributed by atoms with Gasteiger partial charge in [0.1, 0.15) is 0 Å². The standard InChI is InChI=1S/C30H38N2P2/c1-28(2,3)30(33,29(4,5)6)25-17-16-23(22-12-8-7-9-13-22)20-24(25)21-34(26-14-10-18-31-26)27-15-11-19-32-27/h7-20,31-32H,21,33H2,1-6H3. The van der Waals surface area contributed by atoms with Crippen LogP contribution in [0.2, 0.25) is 0 Å². The van der Waals surface area contributed by atoms with E-state index < -0.39 is 7.92 Å². The Morgan fingerprint density at radius 2 is 1.24 bits per heavy atom. The van der Waals surface area contributed by atoms with Crippen molar-refractivity contribution >= 4 is 28.0 Å². The number of hydrogen-bond donors (Lipinski definition) is 2. The smallest absolute Gasteiger partial charge is 0.0448 e. The van der Waals surface area contributed by atoms with E-state index in [4.69, 9.17) is 0 Å². The van der Waals surface area contributed by atoms with Crippen molar-refractivity contribution in [2.24, 2.45) is 10.8 Å². The van der Waals surface area contributed by atoms with E-state index in [1.807, 2.05) is 12.4 Å². The number of H-pyrrole nitrogens is 2. The van der Waals surface area contributed by atoms with Crippen LogP contribution < -0.4 is 10.9 Å². The molecule has 0 fully saturated rings. The summed E-state index contributed by atoms with van der Waals surface area (Å²) in [5.74, 6) is 0. The molecule has 4 heteroatoms. The summed E-state index contributed by atoms with van der Waals surface area (Å²) in [6, 6.07) is 26.6. The van der Waals surface area contributed by atoms with Gasteiger partial charge in [0.05, 0.1) is 0 Å². The largest absolute Gasteiger partial charge is 0.361 e. The Kier molecular flexibility index (Phi) is 6.97. The highest BCUT2D eigenvalue weighted by atomic mass is 31.1. The predicted molar refractivity (Wildman–Crippen MR) is 154 cm³/mol. The summed E-state index contributed by atoms with van der Waals surface area (Å²) in [4.78, 5) is 7.03. The van der Waals surface area contributed by atoms with Crippen molar-refractivity contribution in [3.05, 3.63) is 96.3 Å². The first kappa shape index (κ1) is 25.0. The molecule has 0 aliphatic heterocycles. The number of benzene rings is 2. The first-order valence-corrected chi connectivity index (χ1v) is 14.1. The molecule has 2 aromatic carbocycles. The number of aromatic nitrogens is 2. The van der Waals surface area contributed by atoms with Crippen LogP contribution in [0.15, 0.2) is 85.2 Å². The van der Waals surface area contributed by atoms with Crippen LogP contribution in [0.4, 0.5) is 0 Å². The van der Waals surface area contributed by atoms with Crippen molar-refractivity contribution < 1.29 is 0 Å². The second-order valence-corrected chi connectivity index (χ2v) is 14.2. The minimum absolute atomic E-state index is 0.0561. The zero-order valence-corrected chi connectivity index (χ0v) is 23.4. The van der Waals surface area contributed by atoms with Gasteiger partial charge in [0.15, 0.2) is 0 Å². The van der Waals surface area contributed by atoms with Gasteiger partial charge in [0.25, 0.3) is 0 Å². The Morgan fingerprint density at radius 3 is 1.71 bits per heavy atom. The Morgan fingerprint density at radius 1 is 0.676 bits per heavy atom. The van der Waals surface area contributed by atoms with Gasteiger partial charge in [-0.15, -0.1) is 9.24 Å². The Labute approximate surface area is 209 Å². The van der Waals surface area contributed by atoms with E-state index in [-0.39, 0.29) is 16.0 Å². The molecule has 0 saturated heterocycles. The van der Waals surface area contributed by atoms with Crippen molar-refractivity contribution in [3.63, 3.8) is 0 Å². The van der Waals surface area contributed by atoms with Crippen LogP contribution >= 0.6 is 17.2 Å². The fraction of sp³-hybridized carbons (Fsp3) is 0.333. The van der Waals surface area contributed by atoms with Gasteiger partial charge in [0, 0.05) is 34.6 Å². The van der Waals surface area contributed by atoms with E-state index in [2.05, 4.69) is 134 Å². The monoisotopic (exact) mass is 488 g/mol. The Hall–Kier alpha value is -2.14. The number of nitrogens with one attached hydrogen (secondary N) is 2. The highest BCUT2D eigenvalue weighted by molar-refractivity contribution is 7.71. The molecule has 2 N–H and O–H groups in total. The van der Waals surface area contributed by atoms with E-state index in [1.54, 1.807) is 0 Å². The van der Waals surface area contributed by atoms with Gasteiger partial charge in [-0.25, -0.2) is 0 Å². The quantitative estimate of drug-likeness (QED) is 0.260. The van der Waals surface area contributed by atoms with Gasteiger partial charge >= 0.3 is 0 Å². The van der Waals surface area contributed by atoms with E-state index in [0.29, 0.717) is 0 Å². The van der Waals surface area contributed by atoms with E-state index in [1.165, 1.54) is 33.1 Å². The minimum atomic E-state index is -0.590. The molecule has 0 amide bonds. The Bertz CT molecular complexity index is 1150. The normalized spacial score (nSPS) is 12.9. The molecule has 4 aromatic rings. The zero-order valence-electron chi connectivity index (χ0n) is 21.3. The van der Waals surface area contributed by atoms with E-state index in [9.17, 15) is 0 Å². The summed E-state index contributed by atoms with van der Waals surface area (Å²) in [6.07, 6.45) is 5.06. The summed E-state index contributed by atoms with van der Waals surface area (Å²) in [5, 5.41) is -0.100. The van der Waals surface area contributed by atoms with Gasteiger partial charge in [-0.1, -0.05) is 90.1 Å². The summed E-state index contributed by atoms with van der Waals surface area (Å²) in [6.45, 7) is 14.2. The van der Waals surface area contributed by atoms with Gasteiger partial charge in [-0.3, -0.25) is 0 Å². The molecule has 0 aliphatic carbocycles. The molecule has 0 aliphatic rings. The van der Waals surface area contributed by atoms with Crippen LogP contribution in [0.5, 0.6) is 0 Å². The first-order valence-electron chi connectivity index (χ1n) is 12.0. The maximum absolute atomic E-state index is 3.51. The van der Waals surface area contributed by atoms with E-state index >= 15 is 0 Å². The van der Waals surface area contributed by atoms with Crippen LogP contribution in [0.25, 0.3) is 11.1 Å². The van der Waals surface area contributed by atoms with Gasteiger partial charge in [0.2, 0.25) is 0 Å². The first-order chi connectivity index (χ1) is 16.0. The third-order valence-corrected chi connectivity index (χ3v) is 11.5. The molecule has 0 saturated carbocycles. The summed E-state index contributed by atoms with van der Waals surface area (Å²) >= 11 is 0. The zero-order chi connectivity index (χ0) is 24.6. The van der Waals surface area contributed by atoms with Crippen molar-refractivity contribution in [3.8, 4) is 11.1 Å². The molecule has 2 aromatic heterocycles. The van der Waals surface area contributed by atoms with E-state index in [0.717, 1.165) is 6.16 Å². The lowest BCUT2D eigenvalue weighted by Crippen LogP contribution is -2.45.